The van der Waals surface area contributed by atoms with Gasteiger partial charge in [0.05, 0.1) is 0 Å². The molecule has 0 heterocycles. The lowest BCUT2D eigenvalue weighted by atomic mass is 10.1. The standard InChI is InChI=1S/C16H24FN3/c1-2-18-16(19-10-8-13-6-7-13)20-11-9-14-4-3-5-15(17)12-14/h3-5,12-13H,2,6-11H2,1H3,(H2,18,19,20). The summed E-state index contributed by atoms with van der Waals surface area (Å²) in [6, 6.07) is 6.75. The van der Waals surface area contributed by atoms with E-state index in [0.717, 1.165) is 43.5 Å². The van der Waals surface area contributed by atoms with Gasteiger partial charge in [0.15, 0.2) is 5.96 Å². The molecule has 2 rings (SSSR count). The molecule has 0 saturated heterocycles. The third kappa shape index (κ3) is 5.59. The van der Waals surface area contributed by atoms with Crippen LogP contribution in [0.15, 0.2) is 29.3 Å². The Hall–Kier alpha value is -1.58. The SMILES string of the molecule is CCNC(=NCCC1CC1)NCCc1cccc(F)c1. The van der Waals surface area contributed by atoms with Gasteiger partial charge < -0.3 is 10.6 Å². The van der Waals surface area contributed by atoms with E-state index in [-0.39, 0.29) is 5.82 Å². The van der Waals surface area contributed by atoms with Crippen molar-refractivity contribution in [2.75, 3.05) is 19.6 Å². The van der Waals surface area contributed by atoms with E-state index in [0.29, 0.717) is 0 Å². The summed E-state index contributed by atoms with van der Waals surface area (Å²) < 4.78 is 13.1. The second kappa shape index (κ2) is 7.88. The quantitative estimate of drug-likeness (QED) is 0.594. The van der Waals surface area contributed by atoms with Gasteiger partial charge in [0.2, 0.25) is 0 Å². The molecule has 2 N–H and O–H groups in total. The lowest BCUT2D eigenvalue weighted by molar-refractivity contribution is 0.625. The molecule has 0 amide bonds. The monoisotopic (exact) mass is 277 g/mol. The van der Waals surface area contributed by atoms with Crippen LogP contribution in [0.25, 0.3) is 0 Å². The summed E-state index contributed by atoms with van der Waals surface area (Å²) in [5, 5.41) is 6.54. The number of nitrogens with zero attached hydrogens (tertiary/aromatic N) is 1. The normalized spacial score (nSPS) is 15.2. The second-order valence-electron chi connectivity index (χ2n) is 5.30. The summed E-state index contributed by atoms with van der Waals surface area (Å²) >= 11 is 0. The van der Waals surface area contributed by atoms with E-state index in [1.165, 1.54) is 25.3 Å². The molecular formula is C16H24FN3. The highest BCUT2D eigenvalue weighted by Gasteiger charge is 2.20. The van der Waals surface area contributed by atoms with Crippen LogP contribution < -0.4 is 10.6 Å². The van der Waals surface area contributed by atoms with Gasteiger partial charge in [0, 0.05) is 19.6 Å². The van der Waals surface area contributed by atoms with Crippen molar-refractivity contribution in [1.29, 1.82) is 0 Å². The molecule has 20 heavy (non-hydrogen) atoms. The van der Waals surface area contributed by atoms with Crippen molar-refractivity contribution >= 4 is 5.96 Å². The summed E-state index contributed by atoms with van der Waals surface area (Å²) in [6.45, 7) is 4.57. The number of benzene rings is 1. The van der Waals surface area contributed by atoms with Crippen molar-refractivity contribution in [3.8, 4) is 0 Å². The van der Waals surface area contributed by atoms with Gasteiger partial charge in [-0.1, -0.05) is 25.0 Å². The van der Waals surface area contributed by atoms with Crippen LogP contribution in [0.4, 0.5) is 4.39 Å². The minimum atomic E-state index is -0.174. The molecule has 110 valence electrons. The third-order valence-electron chi connectivity index (χ3n) is 3.44. The summed E-state index contributed by atoms with van der Waals surface area (Å²) in [7, 11) is 0. The highest BCUT2D eigenvalue weighted by atomic mass is 19.1. The first kappa shape index (κ1) is 14.8. The molecule has 0 aromatic heterocycles. The van der Waals surface area contributed by atoms with Gasteiger partial charge >= 0.3 is 0 Å². The van der Waals surface area contributed by atoms with Gasteiger partial charge in [-0.3, -0.25) is 4.99 Å². The predicted molar refractivity (Wildman–Crippen MR) is 81.4 cm³/mol. The molecule has 0 atom stereocenters. The van der Waals surface area contributed by atoms with Crippen molar-refractivity contribution in [1.82, 2.24) is 10.6 Å². The first-order chi connectivity index (χ1) is 9.78. The first-order valence-corrected chi connectivity index (χ1v) is 7.54. The lowest BCUT2D eigenvalue weighted by Gasteiger charge is -2.11. The molecular weight excluding hydrogens is 253 g/mol. The zero-order chi connectivity index (χ0) is 14.2. The Labute approximate surface area is 120 Å². The second-order valence-corrected chi connectivity index (χ2v) is 5.30. The summed E-state index contributed by atoms with van der Waals surface area (Å²) in [5.41, 5.74) is 1.01. The Kier molecular flexibility index (Phi) is 5.84. The fraction of sp³-hybridized carbons (Fsp3) is 0.562. The molecule has 0 bridgehead atoms. The number of aliphatic imine (C=N–C) groups is 1. The number of hydrogen-bond acceptors (Lipinski definition) is 1. The predicted octanol–water partition coefficient (Wildman–Crippen LogP) is 2.72. The van der Waals surface area contributed by atoms with Gasteiger partial charge in [-0.25, -0.2) is 4.39 Å². The van der Waals surface area contributed by atoms with Gasteiger partial charge in [-0.2, -0.15) is 0 Å². The Morgan fingerprint density at radius 1 is 1.35 bits per heavy atom. The van der Waals surface area contributed by atoms with Gasteiger partial charge in [-0.15, -0.1) is 0 Å². The van der Waals surface area contributed by atoms with E-state index < -0.39 is 0 Å². The van der Waals surface area contributed by atoms with Crippen molar-refractivity contribution in [3.05, 3.63) is 35.6 Å². The van der Waals surface area contributed by atoms with E-state index in [2.05, 4.69) is 22.5 Å². The molecule has 1 aromatic carbocycles. The van der Waals surface area contributed by atoms with E-state index in [1.807, 2.05) is 6.07 Å². The molecule has 0 aliphatic heterocycles. The molecule has 1 fully saturated rings. The Morgan fingerprint density at radius 2 is 2.20 bits per heavy atom. The zero-order valence-corrected chi connectivity index (χ0v) is 12.2. The molecule has 1 saturated carbocycles. The van der Waals surface area contributed by atoms with Crippen LogP contribution in [0.1, 0.15) is 31.7 Å². The first-order valence-electron chi connectivity index (χ1n) is 7.54. The van der Waals surface area contributed by atoms with Crippen molar-refractivity contribution in [3.63, 3.8) is 0 Å². The molecule has 1 aliphatic carbocycles. The molecule has 0 unspecified atom stereocenters. The fourth-order valence-corrected chi connectivity index (χ4v) is 2.12. The van der Waals surface area contributed by atoms with Crippen LogP contribution >= 0.6 is 0 Å². The highest BCUT2D eigenvalue weighted by Crippen LogP contribution is 2.32. The topological polar surface area (TPSA) is 36.4 Å². The van der Waals surface area contributed by atoms with Crippen LogP contribution in [-0.2, 0) is 6.42 Å². The fourth-order valence-electron chi connectivity index (χ4n) is 2.12. The highest BCUT2D eigenvalue weighted by molar-refractivity contribution is 5.79. The van der Waals surface area contributed by atoms with Crippen LogP contribution in [-0.4, -0.2) is 25.6 Å². The van der Waals surface area contributed by atoms with Crippen molar-refractivity contribution in [2.45, 2.75) is 32.6 Å². The molecule has 4 heteroatoms. The maximum Gasteiger partial charge on any atom is 0.191 e. The Balaban J connectivity index is 1.72. The van der Waals surface area contributed by atoms with Gasteiger partial charge in [0.1, 0.15) is 5.82 Å². The summed E-state index contributed by atoms with van der Waals surface area (Å²) in [4.78, 5) is 4.56. The molecule has 0 spiro atoms. The van der Waals surface area contributed by atoms with Gasteiger partial charge in [-0.05, 0) is 43.4 Å². The Morgan fingerprint density at radius 3 is 2.90 bits per heavy atom. The van der Waals surface area contributed by atoms with E-state index in [1.54, 1.807) is 12.1 Å². The third-order valence-corrected chi connectivity index (χ3v) is 3.44. The van der Waals surface area contributed by atoms with Crippen LogP contribution in [0.3, 0.4) is 0 Å². The molecule has 1 aromatic rings. The zero-order valence-electron chi connectivity index (χ0n) is 12.2. The lowest BCUT2D eigenvalue weighted by Crippen LogP contribution is -2.38. The average molecular weight is 277 g/mol. The van der Waals surface area contributed by atoms with Gasteiger partial charge in [0.25, 0.3) is 0 Å². The number of guanidine groups is 1. The number of rotatable bonds is 7. The average Bonchev–Trinajstić information content (AvgIpc) is 3.23. The summed E-state index contributed by atoms with van der Waals surface area (Å²) in [6.07, 6.45) is 4.74. The Bertz CT molecular complexity index is 441. The van der Waals surface area contributed by atoms with E-state index >= 15 is 0 Å². The molecule has 0 radical (unpaired) electrons. The molecule has 3 nitrogen and oxygen atoms in total. The van der Waals surface area contributed by atoms with Crippen molar-refractivity contribution in [2.24, 2.45) is 10.9 Å². The maximum atomic E-state index is 13.1. The largest absolute Gasteiger partial charge is 0.357 e. The van der Waals surface area contributed by atoms with Crippen LogP contribution in [0.2, 0.25) is 0 Å². The maximum absolute atomic E-state index is 13.1. The minimum Gasteiger partial charge on any atom is -0.357 e. The van der Waals surface area contributed by atoms with Crippen LogP contribution in [0, 0.1) is 11.7 Å². The number of nitrogens with one attached hydrogen (secondary N) is 2. The molecule has 1 aliphatic rings. The van der Waals surface area contributed by atoms with Crippen molar-refractivity contribution < 1.29 is 4.39 Å². The smallest absolute Gasteiger partial charge is 0.191 e. The number of halogens is 1. The summed E-state index contributed by atoms with van der Waals surface area (Å²) in [5.74, 6) is 1.60. The van der Waals surface area contributed by atoms with E-state index in [4.69, 9.17) is 0 Å². The van der Waals surface area contributed by atoms with Crippen LogP contribution in [0.5, 0.6) is 0 Å². The van der Waals surface area contributed by atoms with E-state index in [9.17, 15) is 4.39 Å². The number of hydrogen-bond donors (Lipinski definition) is 2. The minimum absolute atomic E-state index is 0.174.